The first-order valence-corrected chi connectivity index (χ1v) is 14.0. The Hall–Kier alpha value is -2.57. The van der Waals surface area contributed by atoms with Gasteiger partial charge in [-0.3, -0.25) is 9.59 Å². The summed E-state index contributed by atoms with van der Waals surface area (Å²) >= 11 is 0. The van der Waals surface area contributed by atoms with E-state index >= 15 is 0 Å². The van der Waals surface area contributed by atoms with Crippen molar-refractivity contribution in [3.8, 4) is 0 Å². The number of amides is 3. The summed E-state index contributed by atoms with van der Waals surface area (Å²) in [5.41, 5.74) is 2.22. The predicted octanol–water partition coefficient (Wildman–Crippen LogP) is 5.97. The summed E-state index contributed by atoms with van der Waals surface area (Å²) in [6.07, 6.45) is 5.83. The van der Waals surface area contributed by atoms with Gasteiger partial charge in [-0.2, -0.15) is 0 Å². The van der Waals surface area contributed by atoms with Crippen molar-refractivity contribution in [2.45, 2.75) is 124 Å². The highest BCUT2D eigenvalue weighted by molar-refractivity contribution is 5.92. The highest BCUT2D eigenvalue weighted by Gasteiger charge is 2.37. The lowest BCUT2D eigenvalue weighted by atomic mass is 9.92. The molecule has 0 spiro atoms. The van der Waals surface area contributed by atoms with Crippen LogP contribution < -0.4 is 10.6 Å². The van der Waals surface area contributed by atoms with Gasteiger partial charge in [0.05, 0.1) is 0 Å². The highest BCUT2D eigenvalue weighted by Crippen LogP contribution is 2.29. The minimum atomic E-state index is -0.795. The van der Waals surface area contributed by atoms with Crippen molar-refractivity contribution in [2.75, 3.05) is 6.54 Å². The average Bonchev–Trinajstić information content (AvgIpc) is 2.79. The largest absolute Gasteiger partial charge is 0.444 e. The molecule has 1 aliphatic carbocycles. The van der Waals surface area contributed by atoms with Crippen LogP contribution in [0.3, 0.4) is 0 Å². The second-order valence-corrected chi connectivity index (χ2v) is 11.9. The third kappa shape index (κ3) is 9.35. The van der Waals surface area contributed by atoms with Gasteiger partial charge in [0.2, 0.25) is 11.8 Å². The van der Waals surface area contributed by atoms with E-state index < -0.39 is 23.8 Å². The summed E-state index contributed by atoms with van der Waals surface area (Å²) in [4.78, 5) is 42.4. The third-order valence-corrected chi connectivity index (χ3v) is 6.90. The number of benzene rings is 1. The predicted molar refractivity (Wildman–Crippen MR) is 148 cm³/mol. The van der Waals surface area contributed by atoms with Gasteiger partial charge in [0.25, 0.3) is 0 Å². The quantitative estimate of drug-likeness (QED) is 0.402. The third-order valence-electron chi connectivity index (χ3n) is 6.90. The number of carbonyl (C=O) groups is 3. The fraction of sp³-hybridized carbons (Fsp3) is 0.700. The zero-order valence-electron chi connectivity index (χ0n) is 24.3. The topological polar surface area (TPSA) is 87.7 Å². The molecule has 0 heterocycles. The Morgan fingerprint density at radius 2 is 1.73 bits per heavy atom. The summed E-state index contributed by atoms with van der Waals surface area (Å²) in [5, 5.41) is 6.08. The Labute approximate surface area is 224 Å². The lowest BCUT2D eigenvalue weighted by Crippen LogP contribution is -2.54. The average molecular weight is 516 g/mol. The number of alkyl carbamates (subject to hydrolysis) is 1. The molecule has 208 valence electrons. The number of hydrogen-bond acceptors (Lipinski definition) is 4. The summed E-state index contributed by atoms with van der Waals surface area (Å²) < 4.78 is 5.47. The number of aryl methyl sites for hydroxylation is 1. The molecule has 1 saturated carbocycles. The van der Waals surface area contributed by atoms with Crippen molar-refractivity contribution in [2.24, 2.45) is 5.92 Å². The molecule has 37 heavy (non-hydrogen) atoms. The molecule has 7 heteroatoms. The number of carbonyl (C=O) groups excluding carboxylic acids is 3. The molecular weight excluding hydrogens is 466 g/mol. The van der Waals surface area contributed by atoms with Crippen molar-refractivity contribution >= 4 is 17.9 Å². The molecule has 0 saturated heterocycles. The molecule has 0 aromatic heterocycles. The second-order valence-electron chi connectivity index (χ2n) is 11.9. The first kappa shape index (κ1) is 30.7. The molecule has 2 rings (SSSR count). The highest BCUT2D eigenvalue weighted by atomic mass is 16.6. The van der Waals surface area contributed by atoms with Gasteiger partial charge in [0.15, 0.2) is 0 Å². The molecule has 1 aliphatic rings. The molecule has 0 radical (unpaired) electrons. The van der Waals surface area contributed by atoms with E-state index in [1.54, 1.807) is 25.7 Å². The fourth-order valence-electron chi connectivity index (χ4n) is 5.00. The van der Waals surface area contributed by atoms with Crippen LogP contribution in [0.5, 0.6) is 0 Å². The van der Waals surface area contributed by atoms with Crippen molar-refractivity contribution in [1.29, 1.82) is 0 Å². The molecule has 0 bridgehead atoms. The molecule has 2 atom stereocenters. The fourth-order valence-corrected chi connectivity index (χ4v) is 5.00. The van der Waals surface area contributed by atoms with Gasteiger partial charge in [-0.05, 0) is 82.9 Å². The van der Waals surface area contributed by atoms with E-state index in [0.29, 0.717) is 19.4 Å². The van der Waals surface area contributed by atoms with E-state index in [4.69, 9.17) is 4.74 Å². The van der Waals surface area contributed by atoms with Crippen LogP contribution in [0.4, 0.5) is 4.79 Å². The number of nitrogens with one attached hydrogen (secondary N) is 2. The van der Waals surface area contributed by atoms with Gasteiger partial charge >= 0.3 is 6.09 Å². The maximum absolute atomic E-state index is 14.2. The van der Waals surface area contributed by atoms with Crippen molar-refractivity contribution in [1.82, 2.24) is 15.5 Å². The first-order chi connectivity index (χ1) is 17.3. The van der Waals surface area contributed by atoms with Gasteiger partial charge in [0, 0.05) is 12.6 Å². The molecule has 2 unspecified atom stereocenters. The van der Waals surface area contributed by atoms with Gasteiger partial charge in [-0.25, -0.2) is 4.79 Å². The Morgan fingerprint density at radius 3 is 2.30 bits per heavy atom. The van der Waals surface area contributed by atoms with Gasteiger partial charge in [-0.15, -0.1) is 0 Å². The second kappa shape index (κ2) is 13.8. The van der Waals surface area contributed by atoms with E-state index in [2.05, 4.69) is 10.6 Å². The molecule has 7 nitrogen and oxygen atoms in total. The lowest BCUT2D eigenvalue weighted by molar-refractivity contribution is -0.143. The van der Waals surface area contributed by atoms with Crippen LogP contribution in [0.2, 0.25) is 0 Å². The lowest BCUT2D eigenvalue weighted by Gasteiger charge is -2.36. The maximum atomic E-state index is 14.2. The number of hydrogen-bond donors (Lipinski definition) is 2. The summed E-state index contributed by atoms with van der Waals surface area (Å²) in [6, 6.07) is 4.46. The standard InChI is InChI=1S/C30H49N3O4/c1-9-18-33(28(35)25(19-20(2)3)32-29(36)37-30(6,7)8)26(24-17-13-14-21(4)22(24)5)27(34)31-23-15-11-10-12-16-23/h13-14,17,20,23,25-26H,9-12,15-16,18-19H2,1-8H3,(H,31,34)(H,32,36). The summed E-state index contributed by atoms with van der Waals surface area (Å²) in [5.74, 6) is -0.253. The monoisotopic (exact) mass is 515 g/mol. The SMILES string of the molecule is CCCN(C(=O)C(CC(C)C)NC(=O)OC(C)(C)C)C(C(=O)NC1CCCCC1)c1cccc(C)c1C. The smallest absolute Gasteiger partial charge is 0.408 e. The zero-order valence-corrected chi connectivity index (χ0v) is 24.3. The molecule has 3 amide bonds. The van der Waals surface area contributed by atoms with E-state index in [-0.39, 0.29) is 23.8 Å². The van der Waals surface area contributed by atoms with Crippen molar-refractivity contribution in [3.63, 3.8) is 0 Å². The Bertz CT molecular complexity index is 916. The van der Waals surface area contributed by atoms with Gasteiger partial charge in [0.1, 0.15) is 17.7 Å². The van der Waals surface area contributed by atoms with Crippen LogP contribution in [-0.2, 0) is 14.3 Å². The summed E-state index contributed by atoms with van der Waals surface area (Å²) in [7, 11) is 0. The maximum Gasteiger partial charge on any atom is 0.408 e. The molecule has 2 N–H and O–H groups in total. The van der Waals surface area contributed by atoms with Crippen LogP contribution in [0.15, 0.2) is 18.2 Å². The molecule has 1 aromatic carbocycles. The van der Waals surface area contributed by atoms with E-state index in [1.165, 1.54) is 6.42 Å². The minimum absolute atomic E-state index is 0.124. The van der Waals surface area contributed by atoms with E-state index in [1.807, 2.05) is 52.8 Å². The Morgan fingerprint density at radius 1 is 1.08 bits per heavy atom. The zero-order chi connectivity index (χ0) is 27.8. The normalized spacial score (nSPS) is 16.1. The van der Waals surface area contributed by atoms with E-state index in [9.17, 15) is 14.4 Å². The van der Waals surface area contributed by atoms with Gasteiger partial charge in [-0.1, -0.05) is 58.2 Å². The van der Waals surface area contributed by atoms with Crippen LogP contribution >= 0.6 is 0 Å². The molecule has 1 fully saturated rings. The minimum Gasteiger partial charge on any atom is -0.444 e. The van der Waals surface area contributed by atoms with Crippen LogP contribution in [0.1, 0.15) is 109 Å². The van der Waals surface area contributed by atoms with Crippen LogP contribution in [0.25, 0.3) is 0 Å². The van der Waals surface area contributed by atoms with Gasteiger partial charge < -0.3 is 20.3 Å². The van der Waals surface area contributed by atoms with Crippen molar-refractivity contribution < 1.29 is 19.1 Å². The van der Waals surface area contributed by atoms with Crippen LogP contribution in [-0.4, -0.2) is 47.0 Å². The van der Waals surface area contributed by atoms with Crippen LogP contribution in [0, 0.1) is 19.8 Å². The number of rotatable bonds is 10. The Balaban J connectivity index is 2.47. The van der Waals surface area contributed by atoms with E-state index in [0.717, 1.165) is 42.4 Å². The van der Waals surface area contributed by atoms with Crippen molar-refractivity contribution in [3.05, 3.63) is 34.9 Å². The Kier molecular flexibility index (Phi) is 11.5. The first-order valence-electron chi connectivity index (χ1n) is 14.0. The number of ether oxygens (including phenoxy) is 1. The molecule has 1 aromatic rings. The number of nitrogens with zero attached hydrogens (tertiary/aromatic N) is 1. The molecular formula is C30H49N3O4. The molecule has 0 aliphatic heterocycles. The summed E-state index contributed by atoms with van der Waals surface area (Å²) in [6.45, 7) is 15.8.